The molecule has 1 amide bonds. The Morgan fingerprint density at radius 3 is 1.91 bits per heavy atom. The van der Waals surface area contributed by atoms with E-state index in [1.165, 1.54) is 45.4 Å². The fourth-order valence-corrected chi connectivity index (χ4v) is 2.34. The first-order valence-electron chi connectivity index (χ1n) is 8.11. The molecule has 2 N–H and O–H groups in total. The van der Waals surface area contributed by atoms with Crippen LogP contribution in [0.4, 0.5) is 0 Å². The fourth-order valence-electron chi connectivity index (χ4n) is 2.05. The molecule has 128 valence electrons. The van der Waals surface area contributed by atoms with E-state index in [0.717, 1.165) is 19.3 Å². The van der Waals surface area contributed by atoms with Crippen LogP contribution < -0.4 is 5.32 Å². The average Bonchev–Trinajstić information content (AvgIpc) is 2.41. The maximum absolute atomic E-state index is 11.5. The molecule has 0 spiro atoms. The summed E-state index contributed by atoms with van der Waals surface area (Å²) in [6, 6.07) is 0. The van der Waals surface area contributed by atoms with Crippen LogP contribution in [-0.4, -0.2) is 60.2 Å². The summed E-state index contributed by atoms with van der Waals surface area (Å²) in [5.74, 6) is -0.145. The molecular formula is C15H32NNaO4S. The molecule has 0 saturated heterocycles. The normalized spacial score (nSPS) is 12.5. The van der Waals surface area contributed by atoms with Gasteiger partial charge in [0, 0.05) is 13.0 Å². The summed E-state index contributed by atoms with van der Waals surface area (Å²) < 4.78 is 30.3. The van der Waals surface area contributed by atoms with Crippen molar-refractivity contribution in [1.29, 1.82) is 0 Å². The molecule has 0 heterocycles. The monoisotopic (exact) mass is 345 g/mol. The summed E-state index contributed by atoms with van der Waals surface area (Å²) in [7, 11) is -4.06. The van der Waals surface area contributed by atoms with Crippen LogP contribution >= 0.6 is 0 Å². The Balaban J connectivity index is 0. The molecule has 0 saturated carbocycles. The van der Waals surface area contributed by atoms with Crippen molar-refractivity contribution in [2.45, 2.75) is 83.3 Å². The Labute approximate surface area is 158 Å². The summed E-state index contributed by atoms with van der Waals surface area (Å²) in [6.45, 7) is 3.55. The third-order valence-corrected chi connectivity index (χ3v) is 4.79. The number of rotatable bonds is 13. The standard InChI is InChI=1S/C15H31NO4S.Na.H/c1-3-4-5-6-7-8-9-10-11-12-15(17)16-13-14(2)21(18,19)20;;/h14H,3-13H2,1-2H3,(H,16,17)(H,18,19,20);;. The minimum absolute atomic E-state index is 0. The van der Waals surface area contributed by atoms with Crippen LogP contribution in [0.1, 0.15) is 78.1 Å². The molecule has 5 nitrogen and oxygen atoms in total. The van der Waals surface area contributed by atoms with Gasteiger partial charge >= 0.3 is 29.6 Å². The molecule has 0 rings (SSSR count). The maximum atomic E-state index is 11.5. The number of nitrogens with one attached hydrogen (secondary N) is 1. The van der Waals surface area contributed by atoms with E-state index in [2.05, 4.69) is 12.2 Å². The third-order valence-electron chi connectivity index (χ3n) is 3.60. The van der Waals surface area contributed by atoms with Crippen molar-refractivity contribution in [3.63, 3.8) is 0 Å². The van der Waals surface area contributed by atoms with Gasteiger partial charge in [0.15, 0.2) is 0 Å². The molecule has 7 heteroatoms. The summed E-state index contributed by atoms with van der Waals surface area (Å²) in [6.07, 6.45) is 11.2. The predicted octanol–water partition coefficient (Wildman–Crippen LogP) is 2.65. The van der Waals surface area contributed by atoms with Crippen molar-refractivity contribution in [3.05, 3.63) is 0 Å². The van der Waals surface area contributed by atoms with Gasteiger partial charge in [-0.3, -0.25) is 9.35 Å². The molecule has 0 aliphatic rings. The molecule has 22 heavy (non-hydrogen) atoms. The van der Waals surface area contributed by atoms with Crippen LogP contribution in [0.3, 0.4) is 0 Å². The summed E-state index contributed by atoms with van der Waals surface area (Å²) in [5, 5.41) is 1.58. The first kappa shape index (κ1) is 24.6. The third kappa shape index (κ3) is 15.3. The van der Waals surface area contributed by atoms with Crippen LogP contribution in [-0.2, 0) is 14.9 Å². The average molecular weight is 345 g/mol. The number of unbranched alkanes of at least 4 members (excludes halogenated alkanes) is 8. The van der Waals surface area contributed by atoms with E-state index in [4.69, 9.17) is 4.55 Å². The molecule has 0 aromatic heterocycles. The Hall–Kier alpha value is 0.380. The quantitative estimate of drug-likeness (QED) is 0.305. The van der Waals surface area contributed by atoms with Crippen LogP contribution in [0.2, 0.25) is 0 Å². The minimum atomic E-state index is -4.06. The topological polar surface area (TPSA) is 83.5 Å². The molecule has 0 radical (unpaired) electrons. The second-order valence-electron chi connectivity index (χ2n) is 5.71. The van der Waals surface area contributed by atoms with Gasteiger partial charge in [0.25, 0.3) is 10.1 Å². The molecule has 1 atom stereocenters. The van der Waals surface area contributed by atoms with Gasteiger partial charge in [-0.2, -0.15) is 8.42 Å². The summed E-state index contributed by atoms with van der Waals surface area (Å²) in [4.78, 5) is 11.5. The van der Waals surface area contributed by atoms with E-state index >= 15 is 0 Å². The van der Waals surface area contributed by atoms with Crippen LogP contribution in [0, 0.1) is 0 Å². The van der Waals surface area contributed by atoms with Crippen molar-refractivity contribution in [2.75, 3.05) is 6.54 Å². The van der Waals surface area contributed by atoms with Crippen molar-refractivity contribution in [3.8, 4) is 0 Å². The zero-order valence-electron chi connectivity index (χ0n) is 13.4. The van der Waals surface area contributed by atoms with E-state index in [1.54, 1.807) is 0 Å². The molecule has 1 unspecified atom stereocenters. The van der Waals surface area contributed by atoms with Gasteiger partial charge in [0.05, 0.1) is 0 Å². The predicted molar refractivity (Wildman–Crippen MR) is 93.0 cm³/mol. The van der Waals surface area contributed by atoms with E-state index in [9.17, 15) is 13.2 Å². The molecule has 0 fully saturated rings. The summed E-state index contributed by atoms with van der Waals surface area (Å²) >= 11 is 0. The van der Waals surface area contributed by atoms with Gasteiger partial charge in [-0.15, -0.1) is 0 Å². The molecule has 0 aromatic rings. The molecule has 0 bridgehead atoms. The number of hydrogen-bond acceptors (Lipinski definition) is 3. The van der Waals surface area contributed by atoms with E-state index in [0.29, 0.717) is 6.42 Å². The van der Waals surface area contributed by atoms with Gasteiger partial charge in [-0.05, 0) is 13.3 Å². The van der Waals surface area contributed by atoms with Crippen molar-refractivity contribution < 1.29 is 17.8 Å². The van der Waals surface area contributed by atoms with E-state index in [1.807, 2.05) is 0 Å². The van der Waals surface area contributed by atoms with Gasteiger partial charge in [0.2, 0.25) is 5.91 Å². The molecule has 0 aliphatic carbocycles. The van der Waals surface area contributed by atoms with Gasteiger partial charge in [-0.1, -0.05) is 58.3 Å². The first-order valence-corrected chi connectivity index (χ1v) is 9.61. The van der Waals surface area contributed by atoms with Crippen LogP contribution in [0.5, 0.6) is 0 Å². The second kappa shape index (κ2) is 14.9. The van der Waals surface area contributed by atoms with Crippen molar-refractivity contribution in [2.24, 2.45) is 0 Å². The van der Waals surface area contributed by atoms with Gasteiger partial charge in [-0.25, -0.2) is 0 Å². The fraction of sp³-hybridized carbons (Fsp3) is 0.933. The van der Waals surface area contributed by atoms with Crippen molar-refractivity contribution >= 4 is 45.6 Å². The number of carbonyl (C=O) groups is 1. The number of carbonyl (C=O) groups excluding carboxylic acids is 1. The number of hydrogen-bond donors (Lipinski definition) is 2. The Morgan fingerprint density at radius 1 is 1.00 bits per heavy atom. The molecular weight excluding hydrogens is 313 g/mol. The molecule has 0 aliphatic heterocycles. The summed E-state index contributed by atoms with van der Waals surface area (Å²) in [5.41, 5.74) is 0. The zero-order chi connectivity index (χ0) is 16.1. The molecule has 0 aromatic carbocycles. The first-order chi connectivity index (χ1) is 9.88. The van der Waals surface area contributed by atoms with Gasteiger partial charge < -0.3 is 5.32 Å². The Morgan fingerprint density at radius 2 is 1.45 bits per heavy atom. The van der Waals surface area contributed by atoms with E-state index in [-0.39, 0.29) is 42.0 Å². The second-order valence-corrected chi connectivity index (χ2v) is 7.54. The van der Waals surface area contributed by atoms with Gasteiger partial charge in [0.1, 0.15) is 5.25 Å². The van der Waals surface area contributed by atoms with Crippen molar-refractivity contribution in [1.82, 2.24) is 5.32 Å². The SMILES string of the molecule is CCCCCCCCCCCC(=O)NCC(C)S(=O)(=O)O.[NaH]. The van der Waals surface area contributed by atoms with Crippen LogP contribution in [0.25, 0.3) is 0 Å². The Kier molecular flexibility index (Phi) is 16.7. The van der Waals surface area contributed by atoms with Crippen LogP contribution in [0.15, 0.2) is 0 Å². The Bertz CT molecular complexity index is 374. The van der Waals surface area contributed by atoms with E-state index < -0.39 is 15.4 Å². The number of amides is 1. The zero-order valence-corrected chi connectivity index (χ0v) is 14.3.